The highest BCUT2D eigenvalue weighted by atomic mass is 16.5. The van der Waals surface area contributed by atoms with Crippen molar-refractivity contribution in [2.45, 2.75) is 6.04 Å². The number of ether oxygens (including phenoxy) is 1. The third-order valence-electron chi connectivity index (χ3n) is 5.58. The van der Waals surface area contributed by atoms with Crippen molar-refractivity contribution in [3.8, 4) is 5.75 Å². The smallest absolute Gasteiger partial charge is 0.324 e. The van der Waals surface area contributed by atoms with Gasteiger partial charge in [0.15, 0.2) is 17.1 Å². The molecule has 2 aromatic heterocycles. The molecule has 0 radical (unpaired) electrons. The minimum Gasteiger partial charge on any atom is -0.493 e. The van der Waals surface area contributed by atoms with E-state index in [1.807, 2.05) is 23.0 Å². The van der Waals surface area contributed by atoms with Gasteiger partial charge in [-0.3, -0.25) is 14.4 Å². The molecule has 0 spiro atoms. The minimum atomic E-state index is -0.150. The molecule has 0 saturated carbocycles. The maximum atomic E-state index is 12.8. The predicted molar refractivity (Wildman–Crippen MR) is 105 cm³/mol. The molecule has 0 atom stereocenters. The Hall–Kier alpha value is -3.49. The van der Waals surface area contributed by atoms with Gasteiger partial charge in [0.2, 0.25) is 0 Å². The summed E-state index contributed by atoms with van der Waals surface area (Å²) in [5.41, 5.74) is 1.36. The Kier molecular flexibility index (Phi) is 3.97. The van der Waals surface area contributed by atoms with Crippen LogP contribution in [0.5, 0.6) is 5.75 Å². The van der Waals surface area contributed by atoms with Crippen LogP contribution in [-0.4, -0.2) is 71.9 Å². The summed E-state index contributed by atoms with van der Waals surface area (Å²) in [5.74, 6) is 0.757. The molecule has 150 valence electrons. The highest BCUT2D eigenvalue weighted by Crippen LogP contribution is 2.31. The quantitative estimate of drug-likeness (QED) is 0.676. The van der Waals surface area contributed by atoms with Gasteiger partial charge < -0.3 is 19.0 Å². The number of benzene rings is 1. The van der Waals surface area contributed by atoms with E-state index in [4.69, 9.17) is 9.15 Å². The average Bonchev–Trinajstić information content (AvgIpc) is 3.40. The molecule has 0 unspecified atom stereocenters. The molecule has 2 saturated heterocycles. The first-order valence-electron chi connectivity index (χ1n) is 9.48. The van der Waals surface area contributed by atoms with Gasteiger partial charge in [-0.25, -0.2) is 4.79 Å². The third kappa shape index (κ3) is 2.81. The number of carbonyl (C=O) groups is 2. The summed E-state index contributed by atoms with van der Waals surface area (Å²) in [6, 6.07) is 7.37. The van der Waals surface area contributed by atoms with Crippen LogP contribution in [0.2, 0.25) is 0 Å². The van der Waals surface area contributed by atoms with E-state index in [0.29, 0.717) is 43.3 Å². The number of likely N-dealkylation sites (tertiary alicyclic amines) is 1. The summed E-state index contributed by atoms with van der Waals surface area (Å²) in [4.78, 5) is 30.0. The molecule has 2 aliphatic rings. The molecule has 5 rings (SSSR count). The number of furan rings is 1. The highest BCUT2D eigenvalue weighted by molar-refractivity contribution is 5.97. The standard InChI is InChI=1S/C20H21N5O4/c1-22-6-7-24(20(22)27)14-9-21-25(12-14)15-10-23(11-15)19(26)17-8-13-4-3-5-16(28-2)18(13)29-17/h3-5,8-9,12,15H,6-7,10-11H2,1-2H3. The summed E-state index contributed by atoms with van der Waals surface area (Å²) >= 11 is 0. The molecule has 2 fully saturated rings. The fraction of sp³-hybridized carbons (Fsp3) is 0.350. The number of carbonyl (C=O) groups excluding carboxylic acids is 2. The molecular formula is C20H21N5O4. The molecule has 3 amide bonds. The number of methoxy groups -OCH3 is 1. The third-order valence-corrected chi connectivity index (χ3v) is 5.58. The van der Waals surface area contributed by atoms with E-state index in [2.05, 4.69) is 5.10 Å². The molecule has 0 bridgehead atoms. The fourth-order valence-electron chi connectivity index (χ4n) is 3.80. The lowest BCUT2D eigenvalue weighted by molar-refractivity contribution is 0.0472. The maximum absolute atomic E-state index is 12.8. The van der Waals surface area contributed by atoms with Crippen molar-refractivity contribution >= 4 is 28.6 Å². The van der Waals surface area contributed by atoms with Crippen molar-refractivity contribution in [2.24, 2.45) is 0 Å². The Morgan fingerprint density at radius 2 is 2.10 bits per heavy atom. The van der Waals surface area contributed by atoms with Crippen molar-refractivity contribution in [2.75, 3.05) is 45.2 Å². The van der Waals surface area contributed by atoms with Crippen LogP contribution in [0.4, 0.5) is 10.5 Å². The minimum absolute atomic E-state index is 0.0183. The van der Waals surface area contributed by atoms with Crippen molar-refractivity contribution in [3.63, 3.8) is 0 Å². The maximum Gasteiger partial charge on any atom is 0.324 e. The van der Waals surface area contributed by atoms with Gasteiger partial charge >= 0.3 is 6.03 Å². The number of hydrogen-bond donors (Lipinski definition) is 0. The zero-order chi connectivity index (χ0) is 20.1. The van der Waals surface area contributed by atoms with E-state index >= 15 is 0 Å². The van der Waals surface area contributed by atoms with Crippen LogP contribution >= 0.6 is 0 Å². The number of para-hydroxylation sites is 1. The number of hydrogen-bond acceptors (Lipinski definition) is 5. The molecule has 9 heteroatoms. The van der Waals surface area contributed by atoms with Crippen LogP contribution in [0.25, 0.3) is 11.0 Å². The molecule has 3 aromatic rings. The van der Waals surface area contributed by atoms with E-state index in [-0.39, 0.29) is 18.0 Å². The number of amides is 3. The van der Waals surface area contributed by atoms with Gasteiger partial charge in [0.05, 0.1) is 25.0 Å². The summed E-state index contributed by atoms with van der Waals surface area (Å²) in [6.45, 7) is 2.45. The Balaban J connectivity index is 1.27. The first kappa shape index (κ1) is 17.6. The molecule has 1 aromatic carbocycles. The lowest BCUT2D eigenvalue weighted by Crippen LogP contribution is -2.50. The fourth-order valence-corrected chi connectivity index (χ4v) is 3.80. The Bertz CT molecular complexity index is 1100. The largest absolute Gasteiger partial charge is 0.493 e. The molecular weight excluding hydrogens is 374 g/mol. The van der Waals surface area contributed by atoms with E-state index in [1.54, 1.807) is 47.2 Å². The highest BCUT2D eigenvalue weighted by Gasteiger charge is 2.35. The van der Waals surface area contributed by atoms with Gasteiger partial charge in [-0.15, -0.1) is 0 Å². The van der Waals surface area contributed by atoms with Crippen LogP contribution in [0.15, 0.2) is 41.1 Å². The van der Waals surface area contributed by atoms with Crippen molar-refractivity contribution in [3.05, 3.63) is 42.4 Å². The van der Waals surface area contributed by atoms with E-state index < -0.39 is 0 Å². The van der Waals surface area contributed by atoms with Gasteiger partial charge in [0, 0.05) is 44.8 Å². The number of anilines is 1. The first-order valence-corrected chi connectivity index (χ1v) is 9.48. The summed E-state index contributed by atoms with van der Waals surface area (Å²) < 4.78 is 12.9. The second-order valence-electron chi connectivity index (χ2n) is 7.39. The van der Waals surface area contributed by atoms with Gasteiger partial charge in [0.25, 0.3) is 5.91 Å². The van der Waals surface area contributed by atoms with E-state index in [9.17, 15) is 9.59 Å². The van der Waals surface area contributed by atoms with Gasteiger partial charge in [-0.05, 0) is 12.1 Å². The summed E-state index contributed by atoms with van der Waals surface area (Å²) in [6.07, 6.45) is 3.57. The number of likely N-dealkylation sites (N-methyl/N-ethyl adjacent to an activating group) is 1. The van der Waals surface area contributed by atoms with Crippen LogP contribution in [0.1, 0.15) is 16.6 Å². The molecule has 0 N–H and O–H groups in total. The van der Waals surface area contributed by atoms with Crippen molar-refractivity contribution < 1.29 is 18.7 Å². The number of aromatic nitrogens is 2. The lowest BCUT2D eigenvalue weighted by atomic mass is 10.1. The normalized spacial score (nSPS) is 17.3. The average molecular weight is 395 g/mol. The number of fused-ring (bicyclic) bond motifs is 1. The Labute approximate surface area is 167 Å². The second kappa shape index (κ2) is 6.54. The summed E-state index contributed by atoms with van der Waals surface area (Å²) in [5, 5.41) is 5.23. The number of urea groups is 1. The van der Waals surface area contributed by atoms with Crippen LogP contribution in [0, 0.1) is 0 Å². The van der Waals surface area contributed by atoms with Crippen LogP contribution < -0.4 is 9.64 Å². The lowest BCUT2D eigenvalue weighted by Gasteiger charge is -2.38. The molecule has 0 aliphatic carbocycles. The zero-order valence-electron chi connectivity index (χ0n) is 16.2. The van der Waals surface area contributed by atoms with E-state index in [1.165, 1.54) is 0 Å². The topological polar surface area (TPSA) is 84.0 Å². The van der Waals surface area contributed by atoms with Crippen LogP contribution in [0.3, 0.4) is 0 Å². The Morgan fingerprint density at radius 1 is 1.28 bits per heavy atom. The van der Waals surface area contributed by atoms with Crippen molar-refractivity contribution in [1.82, 2.24) is 19.6 Å². The number of nitrogens with zero attached hydrogens (tertiary/aromatic N) is 5. The molecule has 4 heterocycles. The molecule has 29 heavy (non-hydrogen) atoms. The van der Waals surface area contributed by atoms with Crippen molar-refractivity contribution in [1.29, 1.82) is 0 Å². The zero-order valence-corrected chi connectivity index (χ0v) is 16.2. The first-order chi connectivity index (χ1) is 14.0. The van der Waals surface area contributed by atoms with Gasteiger partial charge in [0.1, 0.15) is 0 Å². The van der Waals surface area contributed by atoms with Gasteiger partial charge in [-0.1, -0.05) is 12.1 Å². The SMILES string of the molecule is COc1cccc2cc(C(=O)N3CC(n4cc(N5CCN(C)C5=O)cn4)C3)oc12. The molecule has 9 nitrogen and oxygen atoms in total. The van der Waals surface area contributed by atoms with Crippen LogP contribution in [-0.2, 0) is 0 Å². The monoisotopic (exact) mass is 395 g/mol. The molecule has 2 aliphatic heterocycles. The van der Waals surface area contributed by atoms with Gasteiger partial charge in [-0.2, -0.15) is 5.10 Å². The summed E-state index contributed by atoms with van der Waals surface area (Å²) in [7, 11) is 3.36. The number of rotatable bonds is 4. The Morgan fingerprint density at radius 3 is 2.83 bits per heavy atom. The predicted octanol–water partition coefficient (Wildman–Crippen LogP) is 2.21. The van der Waals surface area contributed by atoms with E-state index in [0.717, 1.165) is 11.1 Å². The second-order valence-corrected chi connectivity index (χ2v) is 7.39.